The second-order valence-corrected chi connectivity index (χ2v) is 6.34. The van der Waals surface area contributed by atoms with Crippen molar-refractivity contribution in [1.82, 2.24) is 5.32 Å². The van der Waals surface area contributed by atoms with Crippen LogP contribution < -0.4 is 10.6 Å². The molecule has 0 bridgehead atoms. The van der Waals surface area contributed by atoms with E-state index in [2.05, 4.69) is 26.6 Å². The fraction of sp³-hybridized carbons (Fsp3) is 0.188. The normalized spacial score (nSPS) is 11.8. The third-order valence-corrected chi connectivity index (χ3v) is 4.40. The first-order valence-electron chi connectivity index (χ1n) is 6.56. The predicted molar refractivity (Wildman–Crippen MR) is 92.9 cm³/mol. The molecular weight excluding hydrogens is 348 g/mol. The van der Waals surface area contributed by atoms with Crippen molar-refractivity contribution in [1.29, 1.82) is 0 Å². The quantitative estimate of drug-likeness (QED) is 0.744. The van der Waals surface area contributed by atoms with Gasteiger partial charge >= 0.3 is 6.03 Å². The molecule has 1 atom stereocenters. The van der Waals surface area contributed by atoms with Crippen LogP contribution in [0.4, 0.5) is 10.5 Å². The highest BCUT2D eigenvalue weighted by atomic mass is 79.9. The fourth-order valence-corrected chi connectivity index (χ4v) is 2.76. The van der Waals surface area contributed by atoms with Crippen LogP contribution in [0.3, 0.4) is 0 Å². The van der Waals surface area contributed by atoms with Crippen LogP contribution in [0.25, 0.3) is 0 Å². The molecule has 0 aliphatic rings. The van der Waals surface area contributed by atoms with Gasteiger partial charge in [0.25, 0.3) is 0 Å². The highest BCUT2D eigenvalue weighted by Crippen LogP contribution is 2.24. The molecule has 2 rings (SSSR count). The first-order chi connectivity index (χ1) is 10.1. The first kappa shape index (κ1) is 15.9. The Labute approximate surface area is 137 Å². The van der Waals surface area contributed by atoms with Crippen LogP contribution in [0.2, 0.25) is 0 Å². The Morgan fingerprint density at radius 2 is 1.81 bits per heavy atom. The number of benzene rings is 2. The largest absolute Gasteiger partial charge is 0.331 e. The van der Waals surface area contributed by atoms with Crippen LogP contribution in [0.1, 0.15) is 18.5 Å². The fourth-order valence-electron chi connectivity index (χ4n) is 1.94. The van der Waals surface area contributed by atoms with E-state index in [0.717, 1.165) is 20.6 Å². The van der Waals surface area contributed by atoms with Gasteiger partial charge < -0.3 is 10.6 Å². The van der Waals surface area contributed by atoms with Gasteiger partial charge in [0.1, 0.15) is 0 Å². The summed E-state index contributed by atoms with van der Waals surface area (Å²) in [6.45, 7) is 1.96. The van der Waals surface area contributed by atoms with Crippen LogP contribution in [0.15, 0.2) is 57.9 Å². The monoisotopic (exact) mass is 364 g/mol. The Balaban J connectivity index is 1.99. The molecule has 5 heteroatoms. The molecule has 2 aromatic rings. The van der Waals surface area contributed by atoms with Gasteiger partial charge in [-0.25, -0.2) is 4.79 Å². The average molecular weight is 365 g/mol. The molecule has 0 spiro atoms. The summed E-state index contributed by atoms with van der Waals surface area (Å²) in [6, 6.07) is 15.4. The molecule has 3 nitrogen and oxygen atoms in total. The van der Waals surface area contributed by atoms with E-state index < -0.39 is 0 Å². The van der Waals surface area contributed by atoms with Gasteiger partial charge in [-0.2, -0.15) is 0 Å². The number of thioether (sulfide) groups is 1. The molecule has 0 heterocycles. The van der Waals surface area contributed by atoms with Crippen molar-refractivity contribution < 1.29 is 4.79 Å². The lowest BCUT2D eigenvalue weighted by atomic mass is 10.1. The van der Waals surface area contributed by atoms with E-state index in [4.69, 9.17) is 0 Å². The summed E-state index contributed by atoms with van der Waals surface area (Å²) >= 11 is 5.01. The van der Waals surface area contributed by atoms with Gasteiger partial charge in [0, 0.05) is 9.37 Å². The minimum absolute atomic E-state index is 0.0560. The van der Waals surface area contributed by atoms with Crippen molar-refractivity contribution in [3.05, 3.63) is 58.6 Å². The molecule has 0 saturated carbocycles. The highest BCUT2D eigenvalue weighted by Gasteiger charge is 2.10. The van der Waals surface area contributed by atoms with Crippen molar-refractivity contribution in [2.24, 2.45) is 0 Å². The number of nitrogens with one attached hydrogen (secondary N) is 2. The lowest BCUT2D eigenvalue weighted by Crippen LogP contribution is -2.31. The summed E-state index contributed by atoms with van der Waals surface area (Å²) in [4.78, 5) is 13.1. The number of urea groups is 1. The van der Waals surface area contributed by atoms with E-state index in [-0.39, 0.29) is 12.1 Å². The Kier molecular flexibility index (Phi) is 5.70. The number of hydrogen-bond acceptors (Lipinski definition) is 2. The number of rotatable bonds is 4. The summed E-state index contributed by atoms with van der Waals surface area (Å²) in [5, 5.41) is 5.83. The summed E-state index contributed by atoms with van der Waals surface area (Å²) in [5.41, 5.74) is 1.89. The molecule has 21 heavy (non-hydrogen) atoms. The van der Waals surface area contributed by atoms with Gasteiger partial charge in [-0.1, -0.05) is 40.2 Å². The molecule has 2 amide bonds. The number of hydrogen-bond donors (Lipinski definition) is 2. The van der Waals surface area contributed by atoms with Crippen molar-refractivity contribution in [2.75, 3.05) is 11.6 Å². The van der Waals surface area contributed by atoms with Gasteiger partial charge in [0.15, 0.2) is 0 Å². The van der Waals surface area contributed by atoms with E-state index in [1.807, 2.05) is 61.7 Å². The molecule has 0 saturated heterocycles. The maximum absolute atomic E-state index is 12.1. The Morgan fingerprint density at radius 1 is 1.14 bits per heavy atom. The lowest BCUT2D eigenvalue weighted by molar-refractivity contribution is 0.249. The molecule has 0 aliphatic carbocycles. The number of amides is 2. The van der Waals surface area contributed by atoms with Gasteiger partial charge in [-0.15, -0.1) is 11.8 Å². The Bertz CT molecular complexity index is 616. The van der Waals surface area contributed by atoms with Crippen molar-refractivity contribution in [3.63, 3.8) is 0 Å². The topological polar surface area (TPSA) is 41.1 Å². The molecule has 2 aromatic carbocycles. The lowest BCUT2D eigenvalue weighted by Gasteiger charge is -2.16. The zero-order valence-corrected chi connectivity index (χ0v) is 14.3. The summed E-state index contributed by atoms with van der Waals surface area (Å²) in [7, 11) is 0. The summed E-state index contributed by atoms with van der Waals surface area (Å²) in [6.07, 6.45) is 1.99. The van der Waals surface area contributed by atoms with Gasteiger partial charge in [-0.05, 0) is 43.0 Å². The second kappa shape index (κ2) is 7.52. The number of carbonyl (C=O) groups excluding carboxylic acids is 1. The molecule has 0 radical (unpaired) electrons. The minimum atomic E-state index is -0.202. The van der Waals surface area contributed by atoms with E-state index in [1.165, 1.54) is 0 Å². The SMILES string of the molecule is CSc1ccccc1NC(=O)NC(C)c1ccc(Br)cc1. The number of para-hydroxylation sites is 1. The van der Waals surface area contributed by atoms with Gasteiger partial charge in [0.05, 0.1) is 11.7 Å². The van der Waals surface area contributed by atoms with Crippen LogP contribution in [0, 0.1) is 0 Å². The average Bonchev–Trinajstić information content (AvgIpc) is 2.48. The Hall–Kier alpha value is -1.46. The van der Waals surface area contributed by atoms with E-state index >= 15 is 0 Å². The maximum atomic E-state index is 12.1. The zero-order valence-electron chi connectivity index (χ0n) is 11.9. The van der Waals surface area contributed by atoms with Crippen LogP contribution >= 0.6 is 27.7 Å². The smallest absolute Gasteiger partial charge is 0.319 e. The molecule has 0 aliphatic heterocycles. The van der Waals surface area contributed by atoms with E-state index in [9.17, 15) is 4.79 Å². The van der Waals surface area contributed by atoms with Crippen molar-refractivity contribution in [2.45, 2.75) is 17.9 Å². The molecule has 0 fully saturated rings. The minimum Gasteiger partial charge on any atom is -0.331 e. The van der Waals surface area contributed by atoms with Crippen LogP contribution in [-0.2, 0) is 0 Å². The third-order valence-electron chi connectivity index (χ3n) is 3.07. The van der Waals surface area contributed by atoms with Crippen molar-refractivity contribution in [3.8, 4) is 0 Å². The molecule has 1 unspecified atom stereocenters. The maximum Gasteiger partial charge on any atom is 0.319 e. The second-order valence-electron chi connectivity index (χ2n) is 4.57. The highest BCUT2D eigenvalue weighted by molar-refractivity contribution is 9.10. The van der Waals surface area contributed by atoms with Crippen LogP contribution in [0.5, 0.6) is 0 Å². The first-order valence-corrected chi connectivity index (χ1v) is 8.58. The molecule has 2 N–H and O–H groups in total. The summed E-state index contributed by atoms with van der Waals surface area (Å²) < 4.78 is 1.02. The zero-order chi connectivity index (χ0) is 15.2. The van der Waals surface area contributed by atoms with Gasteiger partial charge in [0.2, 0.25) is 0 Å². The molecular formula is C16H17BrN2OS. The third kappa shape index (κ3) is 4.51. The van der Waals surface area contributed by atoms with Gasteiger partial charge in [-0.3, -0.25) is 0 Å². The predicted octanol–water partition coefficient (Wildman–Crippen LogP) is 5.05. The number of anilines is 1. The van der Waals surface area contributed by atoms with Crippen LogP contribution in [-0.4, -0.2) is 12.3 Å². The molecule has 110 valence electrons. The Morgan fingerprint density at radius 3 is 2.48 bits per heavy atom. The van der Waals surface area contributed by atoms with E-state index in [1.54, 1.807) is 11.8 Å². The van der Waals surface area contributed by atoms with E-state index in [0.29, 0.717) is 0 Å². The van der Waals surface area contributed by atoms with Crippen molar-refractivity contribution >= 4 is 39.4 Å². The number of carbonyl (C=O) groups is 1. The molecule has 0 aromatic heterocycles. The number of halogens is 1. The standard InChI is InChI=1S/C16H17BrN2OS/c1-11(12-7-9-13(17)10-8-12)18-16(20)19-14-5-3-4-6-15(14)21-2/h3-11H,1-2H3,(H2,18,19,20). The summed E-state index contributed by atoms with van der Waals surface area (Å²) in [5.74, 6) is 0.